The second-order valence-corrected chi connectivity index (χ2v) is 3.18. The van der Waals surface area contributed by atoms with Gasteiger partial charge in [0.05, 0.1) is 5.69 Å². The lowest BCUT2D eigenvalue weighted by Gasteiger charge is -2.16. The van der Waals surface area contributed by atoms with Gasteiger partial charge in [-0.05, 0) is 14.0 Å². The molecule has 1 atom stereocenters. The fourth-order valence-electron chi connectivity index (χ4n) is 0.967. The summed E-state index contributed by atoms with van der Waals surface area (Å²) in [5, 5.41) is 2.83. The Morgan fingerprint density at radius 2 is 2.12 bits per heavy atom. The van der Waals surface area contributed by atoms with Gasteiger partial charge in [0.25, 0.3) is 0 Å². The van der Waals surface area contributed by atoms with Crippen LogP contribution in [0.3, 0.4) is 0 Å². The summed E-state index contributed by atoms with van der Waals surface area (Å²) in [5.41, 5.74) is 0.571. The molecular weight excluding hydrogens is 223 g/mol. The van der Waals surface area contributed by atoms with Crippen molar-refractivity contribution in [3.63, 3.8) is 0 Å². The monoisotopic (exact) mass is 235 g/mol. The highest BCUT2D eigenvalue weighted by atomic mass is 19.4. The van der Waals surface area contributed by atoms with Gasteiger partial charge < -0.3 is 10.1 Å². The predicted octanol–water partition coefficient (Wildman–Crippen LogP) is 1.53. The molecule has 0 aliphatic rings. The van der Waals surface area contributed by atoms with Crippen LogP contribution < -0.4 is 10.1 Å². The van der Waals surface area contributed by atoms with Crippen molar-refractivity contribution in [3.05, 3.63) is 18.1 Å². The molecule has 0 radical (unpaired) electrons. The van der Waals surface area contributed by atoms with E-state index in [0.29, 0.717) is 12.2 Å². The predicted molar refractivity (Wildman–Crippen MR) is 50.9 cm³/mol. The van der Waals surface area contributed by atoms with Crippen LogP contribution in [0.5, 0.6) is 5.88 Å². The van der Waals surface area contributed by atoms with Crippen LogP contribution in [0, 0.1) is 0 Å². The lowest BCUT2D eigenvalue weighted by molar-refractivity contribution is -0.190. The molecule has 1 aromatic heterocycles. The van der Waals surface area contributed by atoms with E-state index in [9.17, 15) is 13.2 Å². The van der Waals surface area contributed by atoms with Gasteiger partial charge in [0.1, 0.15) is 6.33 Å². The number of ether oxygens (including phenoxy) is 1. The molecule has 16 heavy (non-hydrogen) atoms. The van der Waals surface area contributed by atoms with E-state index in [-0.39, 0.29) is 5.88 Å². The van der Waals surface area contributed by atoms with E-state index in [2.05, 4.69) is 20.0 Å². The van der Waals surface area contributed by atoms with Crippen LogP contribution in [-0.4, -0.2) is 29.3 Å². The normalized spacial score (nSPS) is 13.6. The molecule has 0 fully saturated rings. The highest BCUT2D eigenvalue weighted by Gasteiger charge is 2.38. The number of hydrogen-bond donors (Lipinski definition) is 1. The summed E-state index contributed by atoms with van der Waals surface area (Å²) >= 11 is 0. The Morgan fingerprint density at radius 1 is 1.44 bits per heavy atom. The molecule has 0 saturated heterocycles. The van der Waals surface area contributed by atoms with Crippen LogP contribution in [0.4, 0.5) is 13.2 Å². The number of nitrogens with one attached hydrogen (secondary N) is 1. The van der Waals surface area contributed by atoms with Crippen LogP contribution in [-0.2, 0) is 6.54 Å². The van der Waals surface area contributed by atoms with Gasteiger partial charge in [-0.3, -0.25) is 0 Å². The molecule has 1 N–H and O–H groups in total. The number of aromatic nitrogens is 2. The highest BCUT2D eigenvalue weighted by molar-refractivity contribution is 5.13. The van der Waals surface area contributed by atoms with E-state index in [1.807, 2.05) is 0 Å². The molecule has 4 nitrogen and oxygen atoms in total. The number of rotatable bonds is 4. The Kier molecular flexibility index (Phi) is 4.05. The van der Waals surface area contributed by atoms with E-state index < -0.39 is 12.3 Å². The Labute approximate surface area is 90.9 Å². The van der Waals surface area contributed by atoms with Gasteiger partial charge >= 0.3 is 6.18 Å². The quantitative estimate of drug-likeness (QED) is 0.859. The Bertz CT molecular complexity index is 343. The van der Waals surface area contributed by atoms with Crippen LogP contribution >= 0.6 is 0 Å². The molecule has 0 bridgehead atoms. The standard InChI is InChI=1S/C9H12F3N3O/c1-6(9(10,11)12)16-8-3-7(4-13-2)14-5-15-8/h3,5-6,13H,4H2,1-2H3. The number of nitrogens with zero attached hydrogens (tertiary/aromatic N) is 2. The maximum atomic E-state index is 12.2. The summed E-state index contributed by atoms with van der Waals surface area (Å²) in [6, 6.07) is 1.37. The molecule has 1 heterocycles. The van der Waals surface area contributed by atoms with E-state index >= 15 is 0 Å². The second-order valence-electron chi connectivity index (χ2n) is 3.18. The van der Waals surface area contributed by atoms with E-state index in [1.165, 1.54) is 12.4 Å². The minimum atomic E-state index is -4.39. The molecule has 90 valence electrons. The van der Waals surface area contributed by atoms with Gasteiger partial charge in [-0.2, -0.15) is 13.2 Å². The Balaban J connectivity index is 2.70. The molecule has 1 rings (SSSR count). The molecule has 0 saturated carbocycles. The lowest BCUT2D eigenvalue weighted by Crippen LogP contribution is -2.31. The van der Waals surface area contributed by atoms with Crippen molar-refractivity contribution >= 4 is 0 Å². The first-order valence-electron chi connectivity index (χ1n) is 4.62. The first-order valence-corrected chi connectivity index (χ1v) is 4.62. The Hall–Kier alpha value is -1.37. The molecule has 0 amide bonds. The number of halogens is 3. The summed E-state index contributed by atoms with van der Waals surface area (Å²) < 4.78 is 41.3. The smallest absolute Gasteiger partial charge is 0.425 e. The fourth-order valence-corrected chi connectivity index (χ4v) is 0.967. The summed E-state index contributed by atoms with van der Waals surface area (Å²) in [4.78, 5) is 7.48. The summed E-state index contributed by atoms with van der Waals surface area (Å²) in [5.74, 6) is -0.0786. The van der Waals surface area contributed by atoms with E-state index in [4.69, 9.17) is 0 Å². The first-order chi connectivity index (χ1) is 7.43. The highest BCUT2D eigenvalue weighted by Crippen LogP contribution is 2.23. The second kappa shape index (κ2) is 5.11. The van der Waals surface area contributed by atoms with Gasteiger partial charge in [0.15, 0.2) is 6.10 Å². The fraction of sp³-hybridized carbons (Fsp3) is 0.556. The minimum Gasteiger partial charge on any atom is -0.465 e. The molecule has 0 aliphatic carbocycles. The molecule has 0 aliphatic heterocycles. The summed E-state index contributed by atoms with van der Waals surface area (Å²) in [6.07, 6.45) is -5.11. The molecule has 1 unspecified atom stereocenters. The maximum Gasteiger partial charge on any atom is 0.425 e. The van der Waals surface area contributed by atoms with Crippen molar-refractivity contribution in [1.29, 1.82) is 0 Å². The zero-order valence-electron chi connectivity index (χ0n) is 8.88. The van der Waals surface area contributed by atoms with Crippen molar-refractivity contribution in [2.24, 2.45) is 0 Å². The summed E-state index contributed by atoms with van der Waals surface area (Å²) in [6.45, 7) is 1.37. The lowest BCUT2D eigenvalue weighted by atomic mass is 10.4. The third-order valence-corrected chi connectivity index (χ3v) is 1.81. The third-order valence-electron chi connectivity index (χ3n) is 1.81. The van der Waals surface area contributed by atoms with Crippen molar-refractivity contribution in [2.45, 2.75) is 25.7 Å². The molecule has 1 aromatic rings. The molecule has 7 heteroatoms. The first kappa shape index (κ1) is 12.7. The zero-order valence-corrected chi connectivity index (χ0v) is 8.88. The Morgan fingerprint density at radius 3 is 2.69 bits per heavy atom. The molecule has 0 spiro atoms. The molecular formula is C9H12F3N3O. The van der Waals surface area contributed by atoms with Gasteiger partial charge in [-0.25, -0.2) is 9.97 Å². The van der Waals surface area contributed by atoms with Gasteiger partial charge in [-0.15, -0.1) is 0 Å². The van der Waals surface area contributed by atoms with Crippen LogP contribution in [0.15, 0.2) is 12.4 Å². The van der Waals surface area contributed by atoms with Crippen LogP contribution in [0.25, 0.3) is 0 Å². The number of hydrogen-bond acceptors (Lipinski definition) is 4. The average Bonchev–Trinajstić information content (AvgIpc) is 2.17. The van der Waals surface area contributed by atoms with E-state index in [1.54, 1.807) is 7.05 Å². The topological polar surface area (TPSA) is 47.0 Å². The van der Waals surface area contributed by atoms with Crippen molar-refractivity contribution < 1.29 is 17.9 Å². The third kappa shape index (κ3) is 3.65. The van der Waals surface area contributed by atoms with E-state index in [0.717, 1.165) is 6.92 Å². The van der Waals surface area contributed by atoms with Crippen LogP contribution in [0.1, 0.15) is 12.6 Å². The SMILES string of the molecule is CNCc1cc(OC(C)C(F)(F)F)ncn1. The van der Waals surface area contributed by atoms with Crippen molar-refractivity contribution in [3.8, 4) is 5.88 Å². The van der Waals surface area contributed by atoms with Crippen molar-refractivity contribution in [1.82, 2.24) is 15.3 Å². The number of alkyl halides is 3. The van der Waals surface area contributed by atoms with Gasteiger partial charge in [0, 0.05) is 12.6 Å². The summed E-state index contributed by atoms with van der Waals surface area (Å²) in [7, 11) is 1.71. The van der Waals surface area contributed by atoms with Crippen LogP contribution in [0.2, 0.25) is 0 Å². The molecule has 0 aromatic carbocycles. The minimum absolute atomic E-state index is 0.0786. The average molecular weight is 235 g/mol. The van der Waals surface area contributed by atoms with Crippen molar-refractivity contribution in [2.75, 3.05) is 7.05 Å². The maximum absolute atomic E-state index is 12.2. The van der Waals surface area contributed by atoms with Gasteiger partial charge in [-0.1, -0.05) is 0 Å². The van der Waals surface area contributed by atoms with Gasteiger partial charge in [0.2, 0.25) is 5.88 Å². The largest absolute Gasteiger partial charge is 0.465 e. The zero-order chi connectivity index (χ0) is 12.2.